The fourth-order valence-corrected chi connectivity index (χ4v) is 2.23. The zero-order valence-electron chi connectivity index (χ0n) is 12.1. The van der Waals surface area contributed by atoms with Gasteiger partial charge in [0.25, 0.3) is 0 Å². The van der Waals surface area contributed by atoms with Crippen molar-refractivity contribution >= 4 is 13.6 Å². The van der Waals surface area contributed by atoms with Crippen molar-refractivity contribution in [1.82, 2.24) is 0 Å². The molecule has 19 heavy (non-hydrogen) atoms. The topological polar surface area (TPSA) is 72.8 Å². The lowest BCUT2D eigenvalue weighted by Gasteiger charge is -2.08. The second-order valence-electron chi connectivity index (χ2n) is 4.76. The third kappa shape index (κ3) is 14.0. The number of carbonyl (C=O) groups excluding carboxylic acids is 1. The lowest BCUT2D eigenvalue weighted by atomic mass is 10.1. The number of phosphoric acid groups is 1. The first-order valence-electron chi connectivity index (χ1n) is 7.00. The highest BCUT2D eigenvalue weighted by Gasteiger charge is 2.17. The fraction of sp³-hybridized carbons (Fsp3) is 0.923. The summed E-state index contributed by atoms with van der Waals surface area (Å²) in [7, 11) is -2.62. The van der Waals surface area contributed by atoms with Crippen molar-refractivity contribution in [3.63, 3.8) is 0 Å². The maximum Gasteiger partial charge on any atom is 0.471 e. The lowest BCUT2D eigenvalue weighted by Crippen LogP contribution is -1.94. The van der Waals surface area contributed by atoms with Crippen LogP contribution in [0.4, 0.5) is 0 Å². The Morgan fingerprint density at radius 2 is 1.47 bits per heavy atom. The van der Waals surface area contributed by atoms with Crippen molar-refractivity contribution in [3.05, 3.63) is 0 Å². The average molecular weight is 294 g/mol. The van der Waals surface area contributed by atoms with Gasteiger partial charge in [-0.25, -0.2) is 4.57 Å². The summed E-state index contributed by atoms with van der Waals surface area (Å²) in [6.45, 7) is 1.90. The van der Waals surface area contributed by atoms with Crippen molar-refractivity contribution in [3.8, 4) is 0 Å². The van der Waals surface area contributed by atoms with Crippen molar-refractivity contribution in [1.29, 1.82) is 0 Å². The summed E-state index contributed by atoms with van der Waals surface area (Å²) < 4.78 is 20.0. The second-order valence-corrected chi connectivity index (χ2v) is 6.33. The molecule has 0 fully saturated rings. The zero-order chi connectivity index (χ0) is 14.6. The van der Waals surface area contributed by atoms with Crippen molar-refractivity contribution in [2.45, 2.75) is 64.7 Å². The number of phosphoric ester groups is 1. The van der Waals surface area contributed by atoms with Crippen LogP contribution in [0.15, 0.2) is 0 Å². The molecule has 1 N–H and O–H groups in total. The number of hydrogen-bond donors (Lipinski definition) is 1. The zero-order valence-corrected chi connectivity index (χ0v) is 13.0. The Labute approximate surface area is 116 Å². The largest absolute Gasteiger partial charge is 0.471 e. The molecule has 0 amide bonds. The van der Waals surface area contributed by atoms with Crippen LogP contribution in [-0.2, 0) is 18.4 Å². The number of carbonyl (C=O) groups is 1. The van der Waals surface area contributed by atoms with E-state index in [-0.39, 0.29) is 12.4 Å². The van der Waals surface area contributed by atoms with Crippen LogP contribution in [0, 0.1) is 0 Å². The fourth-order valence-electron chi connectivity index (χ4n) is 1.77. The predicted molar refractivity (Wildman–Crippen MR) is 75.0 cm³/mol. The maximum atomic E-state index is 11.0. The molecular weight excluding hydrogens is 267 g/mol. The molecule has 0 aliphatic carbocycles. The van der Waals surface area contributed by atoms with Crippen molar-refractivity contribution in [2.75, 3.05) is 13.7 Å². The van der Waals surface area contributed by atoms with Gasteiger partial charge in [-0.1, -0.05) is 38.5 Å². The van der Waals surface area contributed by atoms with E-state index in [2.05, 4.69) is 4.52 Å². The van der Waals surface area contributed by atoms with E-state index in [1.165, 1.54) is 19.3 Å². The molecule has 114 valence electrons. The second kappa shape index (κ2) is 11.6. The van der Waals surface area contributed by atoms with E-state index in [4.69, 9.17) is 9.42 Å². The maximum absolute atomic E-state index is 11.0. The van der Waals surface area contributed by atoms with Crippen molar-refractivity contribution < 1.29 is 23.3 Å². The number of unbranched alkanes of at least 4 members (excludes halogenated alkanes) is 7. The number of ketones is 1. The van der Waals surface area contributed by atoms with Gasteiger partial charge >= 0.3 is 7.82 Å². The Morgan fingerprint density at radius 3 is 1.95 bits per heavy atom. The van der Waals surface area contributed by atoms with Crippen LogP contribution in [0.5, 0.6) is 0 Å². The molecule has 0 aromatic rings. The summed E-state index contributed by atoms with van der Waals surface area (Å²) in [5, 5.41) is 0. The normalized spacial score (nSPS) is 14.3. The van der Waals surface area contributed by atoms with Crippen molar-refractivity contribution in [2.24, 2.45) is 0 Å². The third-order valence-electron chi connectivity index (χ3n) is 2.91. The molecule has 0 saturated carbocycles. The molecule has 1 unspecified atom stereocenters. The minimum Gasteiger partial charge on any atom is -0.303 e. The molecule has 0 bridgehead atoms. The van der Waals surface area contributed by atoms with Gasteiger partial charge in [-0.05, 0) is 19.8 Å². The Kier molecular flexibility index (Phi) is 11.5. The molecule has 1 atom stereocenters. The Bertz CT molecular complexity index is 280. The molecule has 0 rings (SSSR count). The smallest absolute Gasteiger partial charge is 0.303 e. The molecule has 0 aliphatic heterocycles. The van der Waals surface area contributed by atoms with Gasteiger partial charge in [0.05, 0.1) is 6.61 Å². The van der Waals surface area contributed by atoms with Gasteiger partial charge in [0.2, 0.25) is 0 Å². The highest BCUT2D eigenvalue weighted by molar-refractivity contribution is 7.47. The quantitative estimate of drug-likeness (QED) is 0.412. The van der Waals surface area contributed by atoms with Gasteiger partial charge in [-0.3, -0.25) is 9.05 Å². The third-order valence-corrected chi connectivity index (χ3v) is 3.88. The van der Waals surface area contributed by atoms with Crippen LogP contribution in [0.25, 0.3) is 0 Å². The van der Waals surface area contributed by atoms with E-state index in [1.807, 2.05) is 0 Å². The molecule has 0 aliphatic rings. The van der Waals surface area contributed by atoms with Gasteiger partial charge in [0, 0.05) is 13.5 Å². The van der Waals surface area contributed by atoms with Crippen LogP contribution < -0.4 is 0 Å². The summed E-state index contributed by atoms with van der Waals surface area (Å²) in [6.07, 6.45) is 9.26. The SMILES string of the molecule is COP(=O)(O)OCCCCCCCCCCC(C)=O. The molecule has 5 nitrogen and oxygen atoms in total. The van der Waals surface area contributed by atoms with E-state index in [0.717, 1.165) is 39.2 Å². The van der Waals surface area contributed by atoms with Crippen LogP contribution in [-0.4, -0.2) is 24.4 Å². The van der Waals surface area contributed by atoms with Gasteiger partial charge < -0.3 is 9.69 Å². The summed E-state index contributed by atoms with van der Waals surface area (Å²) in [6, 6.07) is 0. The molecule has 0 saturated heterocycles. The summed E-state index contributed by atoms with van der Waals surface area (Å²) in [5.74, 6) is 0.275. The molecule has 0 radical (unpaired) electrons. The number of Topliss-reactive ketones (excluding diaryl/α,β-unsaturated/α-hetero) is 1. The Hall–Kier alpha value is -0.220. The van der Waals surface area contributed by atoms with Gasteiger partial charge in [-0.2, -0.15) is 0 Å². The first-order valence-corrected chi connectivity index (χ1v) is 8.50. The van der Waals surface area contributed by atoms with Crippen LogP contribution in [0.1, 0.15) is 64.7 Å². The molecule has 0 spiro atoms. The Balaban J connectivity index is 3.15. The first-order chi connectivity index (χ1) is 8.98. The van der Waals surface area contributed by atoms with Gasteiger partial charge in [0.1, 0.15) is 5.78 Å². The average Bonchev–Trinajstić information content (AvgIpc) is 2.35. The minimum absolute atomic E-state index is 0.264. The predicted octanol–water partition coefficient (Wildman–Crippen LogP) is 3.85. The summed E-state index contributed by atoms with van der Waals surface area (Å²) in [5.41, 5.74) is 0. The first kappa shape index (κ1) is 18.8. The highest BCUT2D eigenvalue weighted by atomic mass is 31.2. The van der Waals surface area contributed by atoms with E-state index in [9.17, 15) is 9.36 Å². The summed E-state index contributed by atoms with van der Waals surface area (Å²) in [4.78, 5) is 19.7. The molecule has 0 heterocycles. The van der Waals surface area contributed by atoms with E-state index >= 15 is 0 Å². The summed E-state index contributed by atoms with van der Waals surface area (Å²) >= 11 is 0. The monoisotopic (exact) mass is 294 g/mol. The number of rotatable bonds is 13. The van der Waals surface area contributed by atoms with E-state index < -0.39 is 7.82 Å². The molecule has 6 heteroatoms. The van der Waals surface area contributed by atoms with Crippen LogP contribution in [0.3, 0.4) is 0 Å². The Morgan fingerprint density at radius 1 is 1.00 bits per heavy atom. The molecule has 0 aromatic heterocycles. The molecular formula is C13H27O5P. The van der Waals surface area contributed by atoms with Gasteiger partial charge in [-0.15, -0.1) is 0 Å². The number of hydrogen-bond acceptors (Lipinski definition) is 4. The van der Waals surface area contributed by atoms with Crippen LogP contribution >= 0.6 is 7.82 Å². The van der Waals surface area contributed by atoms with E-state index in [0.29, 0.717) is 6.42 Å². The van der Waals surface area contributed by atoms with Gasteiger partial charge in [0.15, 0.2) is 0 Å². The highest BCUT2D eigenvalue weighted by Crippen LogP contribution is 2.41. The lowest BCUT2D eigenvalue weighted by molar-refractivity contribution is -0.117. The molecule has 0 aromatic carbocycles. The minimum atomic E-state index is -3.78. The standard InChI is InChI=1S/C13H27O5P/c1-13(14)11-9-7-5-3-4-6-8-10-12-18-19(15,16)17-2/h3-12H2,1-2H3,(H,15,16). The van der Waals surface area contributed by atoms with Crippen LogP contribution in [0.2, 0.25) is 0 Å². The van der Waals surface area contributed by atoms with E-state index in [1.54, 1.807) is 6.92 Å².